The maximum absolute atomic E-state index is 13.0. The van der Waals surface area contributed by atoms with Gasteiger partial charge in [-0.15, -0.1) is 0 Å². The number of hydrogen-bond acceptors (Lipinski definition) is 4. The van der Waals surface area contributed by atoms with Crippen LogP contribution in [0.15, 0.2) is 78.9 Å². The molecule has 0 radical (unpaired) electrons. The highest BCUT2D eigenvalue weighted by molar-refractivity contribution is 6.01. The average molecular weight is 390 g/mol. The van der Waals surface area contributed by atoms with Gasteiger partial charge in [-0.25, -0.2) is 0 Å². The van der Waals surface area contributed by atoms with E-state index in [2.05, 4.69) is 10.6 Å². The molecule has 3 rings (SSSR count). The van der Waals surface area contributed by atoms with Gasteiger partial charge in [-0.3, -0.25) is 9.59 Å². The van der Waals surface area contributed by atoms with Crippen LogP contribution in [0.25, 0.3) is 0 Å². The fourth-order valence-corrected chi connectivity index (χ4v) is 2.88. The van der Waals surface area contributed by atoms with Crippen molar-refractivity contribution in [2.75, 3.05) is 19.5 Å². The average Bonchev–Trinajstić information content (AvgIpc) is 2.78. The molecule has 2 N–H and O–H groups in total. The van der Waals surface area contributed by atoms with Crippen molar-refractivity contribution < 1.29 is 19.1 Å². The van der Waals surface area contributed by atoms with E-state index in [4.69, 9.17) is 9.47 Å². The van der Waals surface area contributed by atoms with Gasteiger partial charge in [-0.1, -0.05) is 48.5 Å². The zero-order chi connectivity index (χ0) is 20.6. The first-order valence-electron chi connectivity index (χ1n) is 9.06. The molecule has 0 heterocycles. The summed E-state index contributed by atoms with van der Waals surface area (Å²) in [5.74, 6) is 0.354. The maximum Gasteiger partial charge on any atom is 0.252 e. The highest BCUT2D eigenvalue weighted by Gasteiger charge is 2.23. The topological polar surface area (TPSA) is 76.7 Å². The summed E-state index contributed by atoms with van der Waals surface area (Å²) in [6.07, 6.45) is 0. The van der Waals surface area contributed by atoms with E-state index >= 15 is 0 Å². The summed E-state index contributed by atoms with van der Waals surface area (Å²) in [5.41, 5.74) is 1.68. The van der Waals surface area contributed by atoms with Gasteiger partial charge in [0.05, 0.1) is 14.2 Å². The summed E-state index contributed by atoms with van der Waals surface area (Å²) >= 11 is 0. The number of hydrogen-bond donors (Lipinski definition) is 2. The van der Waals surface area contributed by atoms with Gasteiger partial charge >= 0.3 is 0 Å². The number of carbonyl (C=O) groups excluding carboxylic acids is 2. The van der Waals surface area contributed by atoms with E-state index in [1.165, 1.54) is 7.11 Å². The van der Waals surface area contributed by atoms with Gasteiger partial charge in [0, 0.05) is 17.3 Å². The van der Waals surface area contributed by atoms with Gasteiger partial charge in [-0.05, 0) is 29.8 Å². The number of anilines is 1. The lowest BCUT2D eigenvalue weighted by Crippen LogP contribution is -2.37. The summed E-state index contributed by atoms with van der Waals surface area (Å²) in [4.78, 5) is 25.7. The molecule has 1 atom stereocenters. The quantitative estimate of drug-likeness (QED) is 0.643. The zero-order valence-corrected chi connectivity index (χ0v) is 16.2. The molecule has 3 aromatic carbocycles. The van der Waals surface area contributed by atoms with E-state index in [1.807, 2.05) is 24.3 Å². The van der Waals surface area contributed by atoms with E-state index in [0.717, 1.165) is 0 Å². The first-order valence-corrected chi connectivity index (χ1v) is 9.06. The molecule has 3 aromatic rings. The molecular formula is C23H22N2O4. The van der Waals surface area contributed by atoms with Crippen molar-refractivity contribution in [2.24, 2.45) is 0 Å². The van der Waals surface area contributed by atoms with Gasteiger partial charge < -0.3 is 20.1 Å². The number of ether oxygens (including phenoxy) is 2. The minimum absolute atomic E-state index is 0.332. The lowest BCUT2D eigenvalue weighted by Gasteiger charge is -2.19. The molecule has 0 bridgehead atoms. The van der Waals surface area contributed by atoms with Crippen LogP contribution in [0.3, 0.4) is 0 Å². The number of benzene rings is 3. The second kappa shape index (κ2) is 9.41. The second-order valence-electron chi connectivity index (χ2n) is 6.24. The van der Waals surface area contributed by atoms with Gasteiger partial charge in [0.15, 0.2) is 11.5 Å². The SMILES string of the molecule is COc1ccc(NC(=O)C(NC(=O)c2ccccc2)c2ccccc2)cc1OC. The van der Waals surface area contributed by atoms with Crippen LogP contribution in [0.4, 0.5) is 5.69 Å². The van der Waals surface area contributed by atoms with Crippen molar-refractivity contribution in [1.29, 1.82) is 0 Å². The molecule has 0 spiro atoms. The summed E-state index contributed by atoms with van der Waals surface area (Å²) in [6.45, 7) is 0. The number of rotatable bonds is 7. The molecule has 0 fully saturated rings. The molecule has 1 unspecified atom stereocenters. The van der Waals surface area contributed by atoms with Crippen LogP contribution in [0, 0.1) is 0 Å². The molecule has 0 aliphatic carbocycles. The van der Waals surface area contributed by atoms with Gasteiger partial charge in [0.25, 0.3) is 11.8 Å². The van der Waals surface area contributed by atoms with E-state index in [1.54, 1.807) is 61.7 Å². The molecule has 6 heteroatoms. The Morgan fingerprint density at radius 1 is 0.793 bits per heavy atom. The Labute approximate surface area is 169 Å². The maximum atomic E-state index is 13.0. The number of methoxy groups -OCH3 is 2. The molecule has 0 aliphatic heterocycles. The van der Waals surface area contributed by atoms with Crippen LogP contribution in [-0.4, -0.2) is 26.0 Å². The molecule has 0 aromatic heterocycles. The van der Waals surface area contributed by atoms with Crippen molar-refractivity contribution in [3.8, 4) is 11.5 Å². The number of nitrogens with one attached hydrogen (secondary N) is 2. The Morgan fingerprint density at radius 2 is 1.41 bits per heavy atom. The predicted molar refractivity (Wildman–Crippen MR) is 111 cm³/mol. The van der Waals surface area contributed by atoms with Crippen molar-refractivity contribution in [1.82, 2.24) is 5.32 Å². The Bertz CT molecular complexity index is 975. The Hall–Kier alpha value is -3.80. The summed E-state index contributed by atoms with van der Waals surface area (Å²) in [7, 11) is 3.07. The van der Waals surface area contributed by atoms with Crippen LogP contribution in [0.5, 0.6) is 11.5 Å². The lowest BCUT2D eigenvalue weighted by molar-refractivity contribution is -0.118. The van der Waals surface area contributed by atoms with Crippen molar-refractivity contribution in [2.45, 2.75) is 6.04 Å². The van der Waals surface area contributed by atoms with Crippen molar-refractivity contribution in [3.63, 3.8) is 0 Å². The molecule has 6 nitrogen and oxygen atoms in total. The highest BCUT2D eigenvalue weighted by Crippen LogP contribution is 2.30. The molecule has 29 heavy (non-hydrogen) atoms. The third-order valence-electron chi connectivity index (χ3n) is 4.36. The molecule has 2 amide bonds. The standard InChI is InChI=1S/C23H22N2O4/c1-28-19-14-13-18(15-20(19)29-2)24-23(27)21(16-9-5-3-6-10-16)25-22(26)17-11-7-4-8-12-17/h3-15,21H,1-2H3,(H,24,27)(H,25,26). The fourth-order valence-electron chi connectivity index (χ4n) is 2.88. The van der Waals surface area contributed by atoms with E-state index in [9.17, 15) is 9.59 Å². The largest absolute Gasteiger partial charge is 0.493 e. The van der Waals surface area contributed by atoms with Crippen LogP contribution < -0.4 is 20.1 Å². The zero-order valence-electron chi connectivity index (χ0n) is 16.2. The van der Waals surface area contributed by atoms with Crippen molar-refractivity contribution in [3.05, 3.63) is 90.0 Å². The van der Waals surface area contributed by atoms with Gasteiger partial charge in [-0.2, -0.15) is 0 Å². The number of amides is 2. The number of carbonyl (C=O) groups is 2. The first-order chi connectivity index (χ1) is 14.1. The minimum atomic E-state index is -0.864. The summed E-state index contributed by atoms with van der Waals surface area (Å²) in [6, 6.07) is 22.1. The minimum Gasteiger partial charge on any atom is -0.493 e. The van der Waals surface area contributed by atoms with Crippen molar-refractivity contribution >= 4 is 17.5 Å². The fraction of sp³-hybridized carbons (Fsp3) is 0.130. The van der Waals surface area contributed by atoms with E-state index in [-0.39, 0.29) is 11.8 Å². The monoisotopic (exact) mass is 390 g/mol. The summed E-state index contributed by atoms with van der Waals surface area (Å²) < 4.78 is 10.5. The third kappa shape index (κ3) is 4.93. The molecule has 0 saturated heterocycles. The van der Waals surface area contributed by atoms with Gasteiger partial charge in [0.1, 0.15) is 6.04 Å². The Morgan fingerprint density at radius 3 is 2.03 bits per heavy atom. The lowest BCUT2D eigenvalue weighted by atomic mass is 10.0. The van der Waals surface area contributed by atoms with E-state index in [0.29, 0.717) is 28.3 Å². The van der Waals surface area contributed by atoms with E-state index < -0.39 is 6.04 Å². The normalized spacial score (nSPS) is 11.2. The predicted octanol–water partition coefficient (Wildman–Crippen LogP) is 3.81. The Balaban J connectivity index is 1.84. The molecule has 0 aliphatic rings. The van der Waals surface area contributed by atoms with Gasteiger partial charge in [0.2, 0.25) is 0 Å². The van der Waals surface area contributed by atoms with Crippen LogP contribution in [0.1, 0.15) is 22.0 Å². The van der Waals surface area contributed by atoms with Crippen LogP contribution >= 0.6 is 0 Å². The van der Waals surface area contributed by atoms with Crippen LogP contribution in [0.2, 0.25) is 0 Å². The summed E-state index contributed by atoms with van der Waals surface area (Å²) in [5, 5.41) is 5.65. The second-order valence-corrected chi connectivity index (χ2v) is 6.24. The molecular weight excluding hydrogens is 368 g/mol. The smallest absolute Gasteiger partial charge is 0.252 e. The Kier molecular flexibility index (Phi) is 6.47. The van der Waals surface area contributed by atoms with Crippen LogP contribution in [-0.2, 0) is 4.79 Å². The molecule has 0 saturated carbocycles. The highest BCUT2D eigenvalue weighted by atomic mass is 16.5. The molecule has 148 valence electrons. The first kappa shape index (κ1) is 19.9. The third-order valence-corrected chi connectivity index (χ3v) is 4.36.